The summed E-state index contributed by atoms with van der Waals surface area (Å²) in [6.45, 7) is 2.56. The van der Waals surface area contributed by atoms with Gasteiger partial charge in [0.15, 0.2) is 5.82 Å². The van der Waals surface area contributed by atoms with E-state index in [0.29, 0.717) is 18.0 Å². The summed E-state index contributed by atoms with van der Waals surface area (Å²) in [6, 6.07) is 7.41. The molecule has 25 heavy (non-hydrogen) atoms. The monoisotopic (exact) mass is 341 g/mol. The van der Waals surface area contributed by atoms with Crippen molar-refractivity contribution in [1.29, 1.82) is 0 Å². The molecule has 0 bridgehead atoms. The van der Waals surface area contributed by atoms with Gasteiger partial charge in [-0.2, -0.15) is 5.10 Å². The Morgan fingerprint density at radius 2 is 2.04 bits per heavy atom. The lowest BCUT2D eigenvalue weighted by Crippen LogP contribution is -2.31. The zero-order chi connectivity index (χ0) is 18.0. The lowest BCUT2D eigenvalue weighted by molar-refractivity contribution is 0.0728. The van der Waals surface area contributed by atoms with Crippen LogP contribution in [0, 0.1) is 6.92 Å². The molecular weight excluding hydrogens is 318 g/mol. The van der Waals surface area contributed by atoms with Crippen LogP contribution in [-0.4, -0.2) is 53.7 Å². The molecule has 1 amide bonds. The number of hydrogen-bond donors (Lipinski definition) is 0. The third kappa shape index (κ3) is 3.40. The van der Waals surface area contributed by atoms with Gasteiger partial charge in [-0.1, -0.05) is 0 Å². The summed E-state index contributed by atoms with van der Waals surface area (Å²) in [7, 11) is 5.38. The molecule has 0 radical (unpaired) electrons. The average Bonchev–Trinajstić information content (AvgIpc) is 3.10. The number of nitrogens with zero attached hydrogens (tertiary/aromatic N) is 5. The van der Waals surface area contributed by atoms with Crippen molar-refractivity contribution in [3.05, 3.63) is 41.2 Å². The number of aryl methyl sites for hydroxylation is 1. The number of aromatic nitrogens is 3. The third-order valence-corrected chi connectivity index (χ3v) is 4.41. The van der Waals surface area contributed by atoms with Gasteiger partial charge in [-0.25, -0.2) is 4.98 Å². The first-order valence-corrected chi connectivity index (χ1v) is 8.35. The molecule has 7 heteroatoms. The van der Waals surface area contributed by atoms with E-state index in [1.165, 1.54) is 7.11 Å². The molecule has 1 atom stereocenters. The fourth-order valence-corrected chi connectivity index (χ4v) is 3.08. The third-order valence-electron chi connectivity index (χ3n) is 4.41. The number of rotatable bonds is 4. The molecule has 0 saturated carbocycles. The van der Waals surface area contributed by atoms with Crippen molar-refractivity contribution in [2.75, 3.05) is 32.6 Å². The van der Waals surface area contributed by atoms with Gasteiger partial charge in [0.2, 0.25) is 5.88 Å². The highest BCUT2D eigenvalue weighted by atomic mass is 16.5. The van der Waals surface area contributed by atoms with Crippen molar-refractivity contribution in [2.24, 2.45) is 0 Å². The van der Waals surface area contributed by atoms with E-state index in [1.54, 1.807) is 6.07 Å². The number of hydrogen-bond acceptors (Lipinski definition) is 6. The molecule has 2 aromatic heterocycles. The summed E-state index contributed by atoms with van der Waals surface area (Å²) >= 11 is 0. The maximum absolute atomic E-state index is 13.0. The van der Waals surface area contributed by atoms with Crippen molar-refractivity contribution in [3.8, 4) is 5.88 Å². The van der Waals surface area contributed by atoms with Crippen LogP contribution >= 0.6 is 0 Å². The minimum absolute atomic E-state index is 0.0674. The Morgan fingerprint density at radius 3 is 2.68 bits per heavy atom. The Morgan fingerprint density at radius 1 is 1.24 bits per heavy atom. The molecule has 0 N–H and O–H groups in total. The van der Waals surface area contributed by atoms with Gasteiger partial charge in [0.1, 0.15) is 5.56 Å². The highest BCUT2D eigenvalue weighted by Crippen LogP contribution is 2.33. The maximum Gasteiger partial charge on any atom is 0.259 e. The van der Waals surface area contributed by atoms with E-state index >= 15 is 0 Å². The Labute approximate surface area is 147 Å². The van der Waals surface area contributed by atoms with Gasteiger partial charge in [-0.15, -0.1) is 5.10 Å². The highest BCUT2D eigenvalue weighted by molar-refractivity contribution is 5.96. The van der Waals surface area contributed by atoms with E-state index in [1.807, 2.05) is 49.0 Å². The van der Waals surface area contributed by atoms with Crippen LogP contribution in [-0.2, 0) is 0 Å². The van der Waals surface area contributed by atoms with Gasteiger partial charge in [0, 0.05) is 26.3 Å². The molecule has 1 aliphatic rings. The summed E-state index contributed by atoms with van der Waals surface area (Å²) in [6.07, 6.45) is 1.82. The molecule has 0 aromatic carbocycles. The zero-order valence-corrected chi connectivity index (χ0v) is 15.1. The van der Waals surface area contributed by atoms with Gasteiger partial charge >= 0.3 is 0 Å². The largest absolute Gasteiger partial charge is 0.480 e. The number of anilines is 1. The van der Waals surface area contributed by atoms with E-state index in [-0.39, 0.29) is 11.9 Å². The summed E-state index contributed by atoms with van der Waals surface area (Å²) < 4.78 is 5.30. The molecular formula is C18H23N5O2. The van der Waals surface area contributed by atoms with Crippen LogP contribution in [0.25, 0.3) is 0 Å². The lowest BCUT2D eigenvalue weighted by Gasteiger charge is -2.25. The van der Waals surface area contributed by atoms with Crippen LogP contribution in [0.4, 0.5) is 5.82 Å². The smallest absolute Gasteiger partial charge is 0.259 e. The van der Waals surface area contributed by atoms with Gasteiger partial charge in [0.05, 0.1) is 18.8 Å². The number of pyridine rings is 1. The molecule has 3 heterocycles. The Hall–Kier alpha value is -2.70. The van der Waals surface area contributed by atoms with Crippen molar-refractivity contribution in [2.45, 2.75) is 25.8 Å². The number of likely N-dealkylation sites (tertiary alicyclic amines) is 1. The molecule has 3 rings (SSSR count). The van der Waals surface area contributed by atoms with Crippen LogP contribution in [0.5, 0.6) is 5.88 Å². The van der Waals surface area contributed by atoms with Gasteiger partial charge in [0.25, 0.3) is 5.91 Å². The van der Waals surface area contributed by atoms with E-state index in [2.05, 4.69) is 15.2 Å². The van der Waals surface area contributed by atoms with Gasteiger partial charge in [-0.3, -0.25) is 4.79 Å². The minimum Gasteiger partial charge on any atom is -0.480 e. The summed E-state index contributed by atoms with van der Waals surface area (Å²) in [4.78, 5) is 21.1. The average molecular weight is 341 g/mol. The fraction of sp³-hybridized carbons (Fsp3) is 0.444. The first kappa shape index (κ1) is 17.1. The normalized spacial score (nSPS) is 16.8. The van der Waals surface area contributed by atoms with Crippen molar-refractivity contribution < 1.29 is 9.53 Å². The lowest BCUT2D eigenvalue weighted by atomic mass is 10.1. The quantitative estimate of drug-likeness (QED) is 0.849. The van der Waals surface area contributed by atoms with Crippen LogP contribution in [0.3, 0.4) is 0 Å². The van der Waals surface area contributed by atoms with Crippen molar-refractivity contribution in [1.82, 2.24) is 20.1 Å². The maximum atomic E-state index is 13.0. The van der Waals surface area contributed by atoms with Gasteiger partial charge < -0.3 is 14.5 Å². The standard InChI is InChI=1S/C18H23N5O2/c1-12-7-8-13(17(19-12)25-4)18(24)23-11-5-6-15(23)14-9-10-16(21-20-14)22(2)3/h7-10,15H,5-6,11H2,1-4H3. The van der Waals surface area contributed by atoms with Crippen LogP contribution in [0.15, 0.2) is 24.3 Å². The van der Waals surface area contributed by atoms with E-state index in [4.69, 9.17) is 4.74 Å². The van der Waals surface area contributed by atoms with E-state index in [9.17, 15) is 4.79 Å². The van der Waals surface area contributed by atoms with E-state index in [0.717, 1.165) is 30.0 Å². The highest BCUT2D eigenvalue weighted by Gasteiger charge is 2.33. The summed E-state index contributed by atoms with van der Waals surface area (Å²) in [5, 5.41) is 8.57. The van der Waals surface area contributed by atoms with E-state index < -0.39 is 0 Å². The topological polar surface area (TPSA) is 71.5 Å². The molecule has 0 aliphatic carbocycles. The molecule has 0 spiro atoms. The fourth-order valence-electron chi connectivity index (χ4n) is 3.08. The van der Waals surface area contributed by atoms with Crippen LogP contribution in [0.1, 0.15) is 40.6 Å². The van der Waals surface area contributed by atoms with Crippen LogP contribution in [0.2, 0.25) is 0 Å². The number of carbonyl (C=O) groups excluding carboxylic acids is 1. The SMILES string of the molecule is COc1nc(C)ccc1C(=O)N1CCCC1c1ccc(N(C)C)nn1. The number of carbonyl (C=O) groups is 1. The molecule has 1 aliphatic heterocycles. The second kappa shape index (κ2) is 7.04. The number of ether oxygens (including phenoxy) is 1. The molecule has 132 valence electrons. The molecule has 2 aromatic rings. The predicted octanol–water partition coefficient (Wildman–Crippen LogP) is 2.23. The predicted molar refractivity (Wildman–Crippen MR) is 94.9 cm³/mol. The molecule has 1 unspecified atom stereocenters. The molecule has 1 fully saturated rings. The second-order valence-electron chi connectivity index (χ2n) is 6.38. The Bertz CT molecular complexity index is 761. The van der Waals surface area contributed by atoms with Crippen molar-refractivity contribution >= 4 is 11.7 Å². The Kier molecular flexibility index (Phi) is 4.83. The summed E-state index contributed by atoms with van der Waals surface area (Å²) in [5.41, 5.74) is 2.12. The van der Waals surface area contributed by atoms with Crippen molar-refractivity contribution in [3.63, 3.8) is 0 Å². The number of methoxy groups -OCH3 is 1. The zero-order valence-electron chi connectivity index (χ0n) is 15.1. The second-order valence-corrected chi connectivity index (χ2v) is 6.38. The molecule has 7 nitrogen and oxygen atoms in total. The first-order chi connectivity index (χ1) is 12.0. The Balaban J connectivity index is 1.87. The summed E-state index contributed by atoms with van der Waals surface area (Å²) in [5.74, 6) is 1.08. The number of amides is 1. The first-order valence-electron chi connectivity index (χ1n) is 8.35. The minimum atomic E-state index is -0.0784. The molecule has 1 saturated heterocycles. The van der Waals surface area contributed by atoms with Gasteiger partial charge in [-0.05, 0) is 44.0 Å². The van der Waals surface area contributed by atoms with Crippen LogP contribution < -0.4 is 9.64 Å².